The number of phenolic OH excluding ortho intramolecular Hbond substituents is 2. The highest BCUT2D eigenvalue weighted by Gasteiger charge is 2.15. The van der Waals surface area contributed by atoms with Gasteiger partial charge in [0.15, 0.2) is 11.5 Å². The molecule has 86 valence electrons. The number of hydrogen-bond acceptors (Lipinski definition) is 4. The largest absolute Gasteiger partial charge is 0.504 e. The molecule has 4 N–H and O–H groups in total. The first-order valence-corrected chi connectivity index (χ1v) is 4.10. The van der Waals surface area contributed by atoms with Gasteiger partial charge in [0, 0.05) is 18.2 Å². The van der Waals surface area contributed by atoms with E-state index in [0.29, 0.717) is 0 Å². The lowest BCUT2D eigenvalue weighted by Gasteiger charge is -2.12. The third-order valence-electron chi connectivity index (χ3n) is 1.85. The van der Waals surface area contributed by atoms with Gasteiger partial charge in [-0.1, -0.05) is 0 Å². The Morgan fingerprint density at radius 2 is 1.87 bits per heavy atom. The van der Waals surface area contributed by atoms with Crippen molar-refractivity contribution < 1.29 is 19.7 Å². The number of aliphatic hydroxyl groups is 1. The minimum absolute atomic E-state index is 0. The molecule has 0 aromatic heterocycles. The molecule has 1 aromatic carbocycles. The van der Waals surface area contributed by atoms with Gasteiger partial charge in [0.05, 0.1) is 6.10 Å². The molecule has 0 unspecified atom stereocenters. The molecule has 0 aliphatic heterocycles. The summed E-state index contributed by atoms with van der Waals surface area (Å²) in [6, 6.07) is 1.77. The van der Waals surface area contributed by atoms with Gasteiger partial charge in [-0.05, 0) is 13.1 Å². The second-order valence-electron chi connectivity index (χ2n) is 2.94. The van der Waals surface area contributed by atoms with Crippen LogP contribution in [0.25, 0.3) is 0 Å². The third-order valence-corrected chi connectivity index (χ3v) is 1.85. The van der Waals surface area contributed by atoms with Crippen molar-refractivity contribution >= 4 is 13.5 Å². The van der Waals surface area contributed by atoms with Crippen LogP contribution in [0.2, 0.25) is 0 Å². The van der Waals surface area contributed by atoms with E-state index in [-0.39, 0.29) is 25.6 Å². The van der Waals surface area contributed by atoms with Gasteiger partial charge in [-0.2, -0.15) is 13.5 Å². The molecule has 0 aliphatic carbocycles. The zero-order valence-corrected chi connectivity index (χ0v) is 9.16. The van der Waals surface area contributed by atoms with Gasteiger partial charge in [0.2, 0.25) is 0 Å². The number of hydrogen-bond donors (Lipinski definition) is 4. The standard InChI is InChI=1S/C9H12FNO3.H2S/c1-11-4-9(14)5-2-7(12)8(13)3-6(5)10;/h2-3,9,11-14H,4H2,1H3;1H2/t9-;/m1./s1. The minimum Gasteiger partial charge on any atom is -0.504 e. The summed E-state index contributed by atoms with van der Waals surface area (Å²) in [6.45, 7) is 0.168. The summed E-state index contributed by atoms with van der Waals surface area (Å²) in [4.78, 5) is 0. The lowest BCUT2D eigenvalue weighted by molar-refractivity contribution is 0.172. The minimum atomic E-state index is -1.05. The van der Waals surface area contributed by atoms with Crippen LogP contribution in [0.3, 0.4) is 0 Å². The predicted octanol–water partition coefficient (Wildman–Crippen LogP) is 0.602. The molecule has 0 heterocycles. The van der Waals surface area contributed by atoms with E-state index in [0.717, 1.165) is 12.1 Å². The van der Waals surface area contributed by atoms with E-state index in [9.17, 15) is 9.50 Å². The van der Waals surface area contributed by atoms with Gasteiger partial charge < -0.3 is 20.6 Å². The maximum Gasteiger partial charge on any atom is 0.160 e. The van der Waals surface area contributed by atoms with E-state index in [1.54, 1.807) is 7.05 Å². The lowest BCUT2D eigenvalue weighted by atomic mass is 10.1. The van der Waals surface area contributed by atoms with E-state index < -0.39 is 23.4 Å². The van der Waals surface area contributed by atoms with Crippen LogP contribution >= 0.6 is 13.5 Å². The average molecular weight is 235 g/mol. The number of phenols is 2. The highest BCUT2D eigenvalue weighted by Crippen LogP contribution is 2.30. The Morgan fingerprint density at radius 3 is 2.40 bits per heavy atom. The number of aliphatic hydroxyl groups excluding tert-OH is 1. The van der Waals surface area contributed by atoms with Crippen LogP contribution in [0, 0.1) is 5.82 Å². The van der Waals surface area contributed by atoms with Gasteiger partial charge in [-0.15, -0.1) is 0 Å². The van der Waals surface area contributed by atoms with Crippen molar-refractivity contribution in [1.29, 1.82) is 0 Å². The predicted molar refractivity (Wildman–Crippen MR) is 59.0 cm³/mol. The van der Waals surface area contributed by atoms with E-state index in [4.69, 9.17) is 10.2 Å². The van der Waals surface area contributed by atoms with Crippen LogP contribution < -0.4 is 5.32 Å². The molecular formula is C9H14FNO3S. The average Bonchev–Trinajstić information content (AvgIpc) is 2.11. The second kappa shape index (κ2) is 5.79. The molecule has 0 bridgehead atoms. The first kappa shape index (κ1) is 14.0. The van der Waals surface area contributed by atoms with Crippen molar-refractivity contribution in [3.05, 3.63) is 23.5 Å². The summed E-state index contributed by atoms with van der Waals surface area (Å²) in [7, 11) is 1.61. The van der Waals surface area contributed by atoms with E-state index in [1.165, 1.54) is 0 Å². The molecule has 0 saturated heterocycles. The number of aromatic hydroxyl groups is 2. The highest BCUT2D eigenvalue weighted by molar-refractivity contribution is 7.59. The summed E-state index contributed by atoms with van der Waals surface area (Å²) in [5, 5.41) is 30.1. The molecule has 1 rings (SSSR count). The molecule has 0 saturated carbocycles. The van der Waals surface area contributed by atoms with Crippen LogP contribution in [0.4, 0.5) is 4.39 Å². The summed E-state index contributed by atoms with van der Waals surface area (Å²) in [5.41, 5.74) is -0.0466. The monoisotopic (exact) mass is 235 g/mol. The molecule has 0 amide bonds. The molecule has 1 atom stereocenters. The Balaban J connectivity index is 0.00000196. The van der Waals surface area contributed by atoms with Crippen molar-refractivity contribution in [2.75, 3.05) is 13.6 Å². The summed E-state index contributed by atoms with van der Waals surface area (Å²) in [6.07, 6.45) is -1.05. The van der Waals surface area contributed by atoms with Crippen LogP contribution in [-0.2, 0) is 0 Å². The maximum absolute atomic E-state index is 13.1. The molecule has 6 heteroatoms. The van der Waals surface area contributed by atoms with Crippen molar-refractivity contribution in [2.45, 2.75) is 6.10 Å². The number of nitrogens with one attached hydrogen (secondary N) is 1. The fraction of sp³-hybridized carbons (Fsp3) is 0.333. The molecule has 15 heavy (non-hydrogen) atoms. The Bertz CT molecular complexity index is 335. The fourth-order valence-corrected chi connectivity index (χ4v) is 1.13. The molecule has 0 spiro atoms. The summed E-state index contributed by atoms with van der Waals surface area (Å²) >= 11 is 0. The van der Waals surface area contributed by atoms with Crippen molar-refractivity contribution in [3.8, 4) is 11.5 Å². The zero-order valence-electron chi connectivity index (χ0n) is 8.16. The number of benzene rings is 1. The Kier molecular flexibility index (Phi) is 5.41. The van der Waals surface area contributed by atoms with Crippen molar-refractivity contribution in [3.63, 3.8) is 0 Å². The normalized spacial score (nSPS) is 11.9. The Labute approximate surface area is 93.8 Å². The van der Waals surface area contributed by atoms with Gasteiger partial charge in [0.1, 0.15) is 5.82 Å². The van der Waals surface area contributed by atoms with Crippen LogP contribution in [0.1, 0.15) is 11.7 Å². The lowest BCUT2D eigenvalue weighted by Crippen LogP contribution is -2.17. The third kappa shape index (κ3) is 3.26. The van der Waals surface area contributed by atoms with Gasteiger partial charge in [-0.3, -0.25) is 0 Å². The van der Waals surface area contributed by atoms with Crippen LogP contribution in [-0.4, -0.2) is 28.9 Å². The first-order valence-electron chi connectivity index (χ1n) is 4.10. The maximum atomic E-state index is 13.1. The Hall–Kier alpha value is -0.980. The number of halogens is 1. The Morgan fingerprint density at radius 1 is 1.33 bits per heavy atom. The van der Waals surface area contributed by atoms with Crippen molar-refractivity contribution in [1.82, 2.24) is 5.32 Å². The smallest absolute Gasteiger partial charge is 0.160 e. The SMILES string of the molecule is CNC[C@@H](O)c1cc(O)c(O)cc1F.S. The number of rotatable bonds is 3. The van der Waals surface area contributed by atoms with E-state index in [2.05, 4.69) is 5.32 Å². The topological polar surface area (TPSA) is 72.7 Å². The highest BCUT2D eigenvalue weighted by atomic mass is 32.1. The first-order chi connectivity index (χ1) is 6.56. The summed E-state index contributed by atoms with van der Waals surface area (Å²) in [5.74, 6) is -1.73. The fourth-order valence-electron chi connectivity index (χ4n) is 1.13. The molecular weight excluding hydrogens is 221 g/mol. The molecule has 0 fully saturated rings. The van der Waals surface area contributed by atoms with Crippen LogP contribution in [0.5, 0.6) is 11.5 Å². The quantitative estimate of drug-likeness (QED) is 0.579. The summed E-state index contributed by atoms with van der Waals surface area (Å²) < 4.78 is 13.1. The van der Waals surface area contributed by atoms with Gasteiger partial charge in [0.25, 0.3) is 0 Å². The molecule has 4 nitrogen and oxygen atoms in total. The van der Waals surface area contributed by atoms with E-state index in [1.807, 2.05) is 0 Å². The number of likely N-dealkylation sites (N-methyl/N-ethyl adjacent to an activating group) is 1. The van der Waals surface area contributed by atoms with Gasteiger partial charge in [-0.25, -0.2) is 4.39 Å². The zero-order chi connectivity index (χ0) is 10.7. The van der Waals surface area contributed by atoms with E-state index >= 15 is 0 Å². The second-order valence-corrected chi connectivity index (χ2v) is 2.94. The van der Waals surface area contributed by atoms with Crippen LogP contribution in [0.15, 0.2) is 12.1 Å². The molecule has 0 radical (unpaired) electrons. The van der Waals surface area contributed by atoms with Gasteiger partial charge >= 0.3 is 0 Å². The van der Waals surface area contributed by atoms with Crippen molar-refractivity contribution in [2.24, 2.45) is 0 Å². The molecule has 0 aliphatic rings. The molecule has 1 aromatic rings.